The van der Waals surface area contributed by atoms with Crippen molar-refractivity contribution in [1.29, 1.82) is 0 Å². The summed E-state index contributed by atoms with van der Waals surface area (Å²) in [6.07, 6.45) is 2.01. The number of para-hydroxylation sites is 1. The van der Waals surface area contributed by atoms with Gasteiger partial charge >= 0.3 is 0 Å². The van der Waals surface area contributed by atoms with E-state index < -0.39 is 28.5 Å². The Labute approximate surface area is 268 Å². The van der Waals surface area contributed by atoms with Gasteiger partial charge in [0.05, 0.1) is 10.6 Å². The van der Waals surface area contributed by atoms with Crippen LogP contribution in [0.1, 0.15) is 47.6 Å². The Morgan fingerprint density at radius 2 is 1.36 bits per heavy atom. The SMILES string of the molecule is CCCCNC(=O)[C@H](Cc1ccccc1)N(Cc1ccc(C)cc1)C(=O)CN(c1ccccc1C)S(=O)(=O)c1ccc(C)cc1. The van der Waals surface area contributed by atoms with E-state index in [1.165, 1.54) is 9.21 Å². The van der Waals surface area contributed by atoms with Crippen molar-refractivity contribution in [1.82, 2.24) is 10.2 Å². The maximum atomic E-state index is 14.5. The van der Waals surface area contributed by atoms with Gasteiger partial charge in [0.1, 0.15) is 12.6 Å². The Morgan fingerprint density at radius 3 is 1.98 bits per heavy atom. The molecule has 0 aromatic heterocycles. The molecule has 0 unspecified atom stereocenters. The number of aryl methyl sites for hydroxylation is 3. The molecule has 0 aliphatic heterocycles. The van der Waals surface area contributed by atoms with Gasteiger partial charge in [-0.3, -0.25) is 13.9 Å². The lowest BCUT2D eigenvalue weighted by Crippen LogP contribution is -2.53. The van der Waals surface area contributed by atoms with Crippen LogP contribution in [0.3, 0.4) is 0 Å². The van der Waals surface area contributed by atoms with Crippen molar-refractivity contribution >= 4 is 27.5 Å². The van der Waals surface area contributed by atoms with Gasteiger partial charge in [0.25, 0.3) is 10.0 Å². The third-order valence-electron chi connectivity index (χ3n) is 7.85. The summed E-state index contributed by atoms with van der Waals surface area (Å²) in [5.74, 6) is -0.738. The smallest absolute Gasteiger partial charge is 0.264 e. The van der Waals surface area contributed by atoms with Crippen LogP contribution in [0.25, 0.3) is 0 Å². The fraction of sp³-hybridized carbons (Fsp3) is 0.297. The van der Waals surface area contributed by atoms with Crippen molar-refractivity contribution < 1.29 is 18.0 Å². The van der Waals surface area contributed by atoms with E-state index in [0.717, 1.165) is 35.1 Å². The number of rotatable bonds is 14. The van der Waals surface area contributed by atoms with Crippen LogP contribution in [0.15, 0.2) is 108 Å². The van der Waals surface area contributed by atoms with Crippen molar-refractivity contribution in [2.75, 3.05) is 17.4 Å². The third-order valence-corrected chi connectivity index (χ3v) is 9.62. The second-order valence-electron chi connectivity index (χ2n) is 11.5. The summed E-state index contributed by atoms with van der Waals surface area (Å²) >= 11 is 0. The summed E-state index contributed by atoms with van der Waals surface area (Å²) in [6, 6.07) is 30.2. The topological polar surface area (TPSA) is 86.8 Å². The third kappa shape index (κ3) is 8.82. The molecule has 1 N–H and O–H groups in total. The number of unbranched alkanes of at least 4 members (excludes halogenated alkanes) is 1. The molecule has 0 radical (unpaired) electrons. The lowest BCUT2D eigenvalue weighted by molar-refractivity contribution is -0.140. The molecule has 0 bridgehead atoms. The highest BCUT2D eigenvalue weighted by molar-refractivity contribution is 7.92. The Kier molecular flexibility index (Phi) is 11.5. The van der Waals surface area contributed by atoms with E-state index >= 15 is 0 Å². The zero-order valence-corrected chi connectivity index (χ0v) is 27.4. The molecule has 7 nitrogen and oxygen atoms in total. The van der Waals surface area contributed by atoms with Gasteiger partial charge in [0.15, 0.2) is 0 Å². The predicted octanol–water partition coefficient (Wildman–Crippen LogP) is 6.36. The maximum Gasteiger partial charge on any atom is 0.264 e. The van der Waals surface area contributed by atoms with Crippen molar-refractivity contribution in [2.45, 2.75) is 64.4 Å². The average Bonchev–Trinajstić information content (AvgIpc) is 3.03. The van der Waals surface area contributed by atoms with Gasteiger partial charge in [-0.25, -0.2) is 8.42 Å². The zero-order valence-electron chi connectivity index (χ0n) is 26.6. The van der Waals surface area contributed by atoms with Gasteiger partial charge in [-0.2, -0.15) is 0 Å². The summed E-state index contributed by atoms with van der Waals surface area (Å²) < 4.78 is 29.6. The molecule has 236 valence electrons. The number of anilines is 1. The van der Waals surface area contributed by atoms with Crippen molar-refractivity contribution in [2.24, 2.45) is 0 Å². The van der Waals surface area contributed by atoms with Crippen LogP contribution >= 0.6 is 0 Å². The van der Waals surface area contributed by atoms with Crippen LogP contribution in [0, 0.1) is 20.8 Å². The quantitative estimate of drug-likeness (QED) is 0.165. The molecule has 4 aromatic rings. The highest BCUT2D eigenvalue weighted by atomic mass is 32.2. The van der Waals surface area contributed by atoms with Crippen LogP contribution in [-0.4, -0.2) is 44.3 Å². The molecule has 0 spiro atoms. The number of hydrogen-bond acceptors (Lipinski definition) is 4. The molecular formula is C37H43N3O4S. The van der Waals surface area contributed by atoms with Crippen LogP contribution in [0.5, 0.6) is 0 Å². The monoisotopic (exact) mass is 625 g/mol. The van der Waals surface area contributed by atoms with E-state index in [1.54, 1.807) is 36.4 Å². The number of carbonyl (C=O) groups is 2. The van der Waals surface area contributed by atoms with E-state index in [-0.39, 0.29) is 23.8 Å². The van der Waals surface area contributed by atoms with Crippen LogP contribution < -0.4 is 9.62 Å². The van der Waals surface area contributed by atoms with Gasteiger partial charge in [0, 0.05) is 19.5 Å². The summed E-state index contributed by atoms with van der Waals surface area (Å²) in [4.78, 5) is 30.0. The van der Waals surface area contributed by atoms with Crippen molar-refractivity contribution in [3.05, 3.63) is 131 Å². The number of nitrogens with one attached hydrogen (secondary N) is 1. The van der Waals surface area contributed by atoms with Crippen molar-refractivity contribution in [3.63, 3.8) is 0 Å². The number of sulfonamides is 1. The van der Waals surface area contributed by atoms with Crippen molar-refractivity contribution in [3.8, 4) is 0 Å². The van der Waals surface area contributed by atoms with Gasteiger partial charge < -0.3 is 10.2 Å². The lowest BCUT2D eigenvalue weighted by atomic mass is 10.0. The second-order valence-corrected chi connectivity index (χ2v) is 13.3. The van der Waals surface area contributed by atoms with E-state index in [1.807, 2.05) is 87.5 Å². The van der Waals surface area contributed by atoms with Crippen LogP contribution in [0.4, 0.5) is 5.69 Å². The fourth-order valence-corrected chi connectivity index (χ4v) is 6.62. The van der Waals surface area contributed by atoms with Crippen LogP contribution in [-0.2, 0) is 32.6 Å². The molecule has 4 aromatic carbocycles. The molecule has 8 heteroatoms. The Bertz CT molecular complexity index is 1670. The number of nitrogens with zero attached hydrogens (tertiary/aromatic N) is 2. The first-order valence-electron chi connectivity index (χ1n) is 15.4. The standard InChI is InChI=1S/C37H43N3O4S/c1-5-6-24-38-37(42)35(25-31-13-8-7-9-14-31)39(26-32-20-16-28(2)17-21-32)36(41)27-40(34-15-11-10-12-30(34)4)45(43,44)33-22-18-29(3)19-23-33/h7-23,35H,5-6,24-27H2,1-4H3,(H,38,42)/t35-/m0/s1. The summed E-state index contributed by atoms with van der Waals surface area (Å²) in [7, 11) is -4.14. The molecule has 0 saturated carbocycles. The second kappa shape index (κ2) is 15.5. The zero-order chi connectivity index (χ0) is 32.4. The molecule has 0 aliphatic rings. The number of carbonyl (C=O) groups excluding carboxylic acids is 2. The molecule has 0 fully saturated rings. The average molecular weight is 626 g/mol. The van der Waals surface area contributed by atoms with E-state index in [0.29, 0.717) is 17.8 Å². The maximum absolute atomic E-state index is 14.5. The minimum atomic E-state index is -4.14. The highest BCUT2D eigenvalue weighted by Gasteiger charge is 2.35. The van der Waals surface area contributed by atoms with Gasteiger partial charge in [0.2, 0.25) is 11.8 Å². The molecular weight excluding hydrogens is 582 g/mol. The summed E-state index contributed by atoms with van der Waals surface area (Å²) in [6.45, 7) is 7.91. The van der Waals surface area contributed by atoms with E-state index in [2.05, 4.69) is 12.2 Å². The summed E-state index contributed by atoms with van der Waals surface area (Å²) in [5.41, 5.74) is 4.87. The van der Waals surface area contributed by atoms with Gasteiger partial charge in [-0.05, 0) is 62.1 Å². The Hall–Kier alpha value is -4.43. The molecule has 4 rings (SSSR count). The molecule has 2 amide bonds. The van der Waals surface area contributed by atoms with E-state index in [4.69, 9.17) is 0 Å². The fourth-order valence-electron chi connectivity index (χ4n) is 5.14. The van der Waals surface area contributed by atoms with Gasteiger partial charge in [-0.1, -0.05) is 109 Å². The number of benzene rings is 4. The number of hydrogen-bond donors (Lipinski definition) is 1. The Morgan fingerprint density at radius 1 is 0.756 bits per heavy atom. The predicted molar refractivity (Wildman–Crippen MR) is 180 cm³/mol. The minimum absolute atomic E-state index is 0.0902. The molecule has 0 heterocycles. The first kappa shape index (κ1) is 33.5. The first-order chi connectivity index (χ1) is 21.6. The van der Waals surface area contributed by atoms with Crippen LogP contribution in [0.2, 0.25) is 0 Å². The largest absolute Gasteiger partial charge is 0.354 e. The van der Waals surface area contributed by atoms with E-state index in [9.17, 15) is 18.0 Å². The minimum Gasteiger partial charge on any atom is -0.354 e. The Balaban J connectivity index is 1.79. The lowest BCUT2D eigenvalue weighted by Gasteiger charge is -2.34. The molecule has 45 heavy (non-hydrogen) atoms. The molecule has 0 saturated heterocycles. The molecule has 0 aliphatic carbocycles. The normalized spacial score (nSPS) is 11.9. The summed E-state index contributed by atoms with van der Waals surface area (Å²) in [5, 5.41) is 3.02. The number of amides is 2. The van der Waals surface area contributed by atoms with Gasteiger partial charge in [-0.15, -0.1) is 0 Å². The highest BCUT2D eigenvalue weighted by Crippen LogP contribution is 2.28. The first-order valence-corrected chi connectivity index (χ1v) is 16.9. The molecule has 1 atom stereocenters.